The first-order valence-electron chi connectivity index (χ1n) is 7.79. The van der Waals surface area contributed by atoms with Crippen molar-refractivity contribution < 1.29 is 18.0 Å². The van der Waals surface area contributed by atoms with Crippen LogP contribution in [0.15, 0.2) is 18.5 Å². The van der Waals surface area contributed by atoms with E-state index in [0.717, 1.165) is 18.7 Å². The molecule has 0 N–H and O–H groups in total. The fourth-order valence-corrected chi connectivity index (χ4v) is 2.88. The van der Waals surface area contributed by atoms with Gasteiger partial charge in [0.25, 0.3) is 0 Å². The molecule has 1 aliphatic carbocycles. The Morgan fingerprint density at radius 3 is 2.62 bits per heavy atom. The summed E-state index contributed by atoms with van der Waals surface area (Å²) in [6.07, 6.45) is -0.400. The third-order valence-corrected chi connectivity index (χ3v) is 4.09. The second-order valence-corrected chi connectivity index (χ2v) is 6.20. The SMILES string of the molecule is CC(C)n1nc(-c2cncc(C(F)(F)F)c2)nc1C1CCCC1=O. The molecule has 0 bridgehead atoms. The van der Waals surface area contributed by atoms with E-state index in [0.29, 0.717) is 18.7 Å². The molecular weight excluding hydrogens is 321 g/mol. The summed E-state index contributed by atoms with van der Waals surface area (Å²) in [5.41, 5.74) is -0.657. The third kappa shape index (κ3) is 3.05. The van der Waals surface area contributed by atoms with Crippen LogP contribution in [0.5, 0.6) is 0 Å². The maximum absolute atomic E-state index is 12.9. The van der Waals surface area contributed by atoms with Gasteiger partial charge in [0.1, 0.15) is 11.6 Å². The molecule has 2 aromatic rings. The van der Waals surface area contributed by atoms with Gasteiger partial charge in [-0.05, 0) is 32.8 Å². The van der Waals surface area contributed by atoms with Gasteiger partial charge in [0.2, 0.25) is 0 Å². The van der Waals surface area contributed by atoms with Crippen molar-refractivity contribution in [3.8, 4) is 11.4 Å². The molecule has 1 unspecified atom stereocenters. The molecule has 1 saturated carbocycles. The van der Waals surface area contributed by atoms with E-state index >= 15 is 0 Å². The first-order valence-corrected chi connectivity index (χ1v) is 7.79. The lowest BCUT2D eigenvalue weighted by Gasteiger charge is -2.12. The van der Waals surface area contributed by atoms with Crippen molar-refractivity contribution in [3.63, 3.8) is 0 Å². The zero-order valence-corrected chi connectivity index (χ0v) is 13.3. The van der Waals surface area contributed by atoms with E-state index in [1.54, 1.807) is 4.68 Å². The lowest BCUT2D eigenvalue weighted by molar-refractivity contribution is -0.137. The van der Waals surface area contributed by atoms with Crippen LogP contribution in [0.1, 0.15) is 56.5 Å². The van der Waals surface area contributed by atoms with Crippen molar-refractivity contribution >= 4 is 5.78 Å². The van der Waals surface area contributed by atoms with Crippen molar-refractivity contribution in [2.45, 2.75) is 51.2 Å². The van der Waals surface area contributed by atoms with Crippen LogP contribution in [0.3, 0.4) is 0 Å². The molecule has 5 nitrogen and oxygen atoms in total. The molecule has 1 fully saturated rings. The van der Waals surface area contributed by atoms with Crippen LogP contribution < -0.4 is 0 Å². The quantitative estimate of drug-likeness (QED) is 0.854. The van der Waals surface area contributed by atoms with Gasteiger partial charge in [0.05, 0.1) is 11.5 Å². The number of halogens is 3. The molecule has 0 aliphatic heterocycles. The highest BCUT2D eigenvalue weighted by Gasteiger charge is 2.33. The molecule has 2 aromatic heterocycles. The molecule has 0 aromatic carbocycles. The predicted molar refractivity (Wildman–Crippen MR) is 80.2 cm³/mol. The topological polar surface area (TPSA) is 60.7 Å². The number of carbonyl (C=O) groups is 1. The van der Waals surface area contributed by atoms with Crippen LogP contribution in [0, 0.1) is 0 Å². The number of hydrogen-bond donors (Lipinski definition) is 0. The van der Waals surface area contributed by atoms with Crippen LogP contribution in [-0.2, 0) is 11.0 Å². The summed E-state index contributed by atoms with van der Waals surface area (Å²) in [7, 11) is 0. The lowest BCUT2D eigenvalue weighted by atomic mass is 10.1. The molecule has 3 rings (SSSR count). The van der Waals surface area contributed by atoms with E-state index in [9.17, 15) is 18.0 Å². The lowest BCUT2D eigenvalue weighted by Crippen LogP contribution is -2.15. The molecule has 1 aliphatic rings. The van der Waals surface area contributed by atoms with E-state index in [2.05, 4.69) is 15.1 Å². The molecule has 1 atom stereocenters. The summed E-state index contributed by atoms with van der Waals surface area (Å²) >= 11 is 0. The number of hydrogen-bond acceptors (Lipinski definition) is 4. The Bertz CT molecular complexity index is 767. The largest absolute Gasteiger partial charge is 0.417 e. The molecule has 8 heteroatoms. The number of alkyl halides is 3. The standard InChI is InChI=1S/C16H17F3N4O/c1-9(2)23-15(12-4-3-5-13(12)24)21-14(22-23)10-6-11(8-20-7-10)16(17,18)19/h6-9,12H,3-5H2,1-2H3. The van der Waals surface area contributed by atoms with Crippen LogP contribution in [0.2, 0.25) is 0 Å². The minimum Gasteiger partial charge on any atom is -0.299 e. The first kappa shape index (κ1) is 16.6. The smallest absolute Gasteiger partial charge is 0.299 e. The molecule has 2 heterocycles. The number of aromatic nitrogens is 4. The summed E-state index contributed by atoms with van der Waals surface area (Å²) in [5.74, 6) is 0.474. The van der Waals surface area contributed by atoms with Gasteiger partial charge in [-0.15, -0.1) is 0 Å². The number of nitrogens with zero attached hydrogens (tertiary/aromatic N) is 4. The normalized spacial score (nSPS) is 18.6. The highest BCUT2D eigenvalue weighted by Crippen LogP contribution is 2.34. The Balaban J connectivity index is 2.05. The van der Waals surface area contributed by atoms with Crippen molar-refractivity contribution in [1.29, 1.82) is 0 Å². The Labute approximate surface area is 136 Å². The number of Topliss-reactive ketones (excluding diaryl/α,β-unsaturated/α-hetero) is 1. The van der Waals surface area contributed by atoms with E-state index in [1.807, 2.05) is 13.8 Å². The fourth-order valence-electron chi connectivity index (χ4n) is 2.88. The van der Waals surface area contributed by atoms with E-state index in [4.69, 9.17) is 0 Å². The van der Waals surface area contributed by atoms with Gasteiger partial charge >= 0.3 is 6.18 Å². The average Bonchev–Trinajstić information content (AvgIpc) is 3.12. The van der Waals surface area contributed by atoms with Gasteiger partial charge in [-0.3, -0.25) is 9.78 Å². The van der Waals surface area contributed by atoms with Gasteiger partial charge in [0.15, 0.2) is 5.82 Å². The number of rotatable bonds is 3. The molecule has 0 spiro atoms. The fraction of sp³-hybridized carbons (Fsp3) is 0.500. The molecule has 0 amide bonds. The van der Waals surface area contributed by atoms with Gasteiger partial charge in [0, 0.05) is 30.4 Å². The minimum absolute atomic E-state index is 0.0478. The second-order valence-electron chi connectivity index (χ2n) is 6.20. The maximum Gasteiger partial charge on any atom is 0.417 e. The third-order valence-electron chi connectivity index (χ3n) is 4.09. The minimum atomic E-state index is -4.48. The average molecular weight is 338 g/mol. The Kier molecular flexibility index (Phi) is 4.15. The Morgan fingerprint density at radius 2 is 2.04 bits per heavy atom. The van der Waals surface area contributed by atoms with E-state index in [-0.39, 0.29) is 29.1 Å². The highest BCUT2D eigenvalue weighted by molar-refractivity contribution is 5.86. The van der Waals surface area contributed by atoms with Gasteiger partial charge in [-0.25, -0.2) is 9.67 Å². The van der Waals surface area contributed by atoms with E-state index in [1.165, 1.54) is 6.20 Å². The molecule has 128 valence electrons. The molecule has 0 saturated heterocycles. The van der Waals surface area contributed by atoms with Crippen LogP contribution in [0.25, 0.3) is 11.4 Å². The summed E-state index contributed by atoms with van der Waals surface area (Å²) in [6.45, 7) is 3.79. The maximum atomic E-state index is 12.9. The summed E-state index contributed by atoms with van der Waals surface area (Å²) in [4.78, 5) is 20.1. The summed E-state index contributed by atoms with van der Waals surface area (Å²) in [5, 5.41) is 4.33. The molecule has 24 heavy (non-hydrogen) atoms. The zero-order valence-electron chi connectivity index (χ0n) is 13.3. The zero-order chi connectivity index (χ0) is 17.5. The number of carbonyl (C=O) groups excluding carboxylic acids is 1. The van der Waals surface area contributed by atoms with Crippen molar-refractivity contribution in [2.24, 2.45) is 0 Å². The number of pyridine rings is 1. The summed E-state index contributed by atoms with van der Waals surface area (Å²) in [6, 6.07) is 0.932. The van der Waals surface area contributed by atoms with Gasteiger partial charge in [-0.2, -0.15) is 18.3 Å². The Hall–Kier alpha value is -2.25. The predicted octanol–water partition coefficient (Wildman–Crippen LogP) is 3.78. The Morgan fingerprint density at radius 1 is 1.29 bits per heavy atom. The van der Waals surface area contributed by atoms with Gasteiger partial charge in [-0.1, -0.05) is 0 Å². The van der Waals surface area contributed by atoms with Crippen LogP contribution in [-0.4, -0.2) is 25.5 Å². The number of ketones is 1. The first-order chi connectivity index (χ1) is 11.3. The van der Waals surface area contributed by atoms with Crippen molar-refractivity contribution in [2.75, 3.05) is 0 Å². The second kappa shape index (κ2) is 5.99. The monoisotopic (exact) mass is 338 g/mol. The summed E-state index contributed by atoms with van der Waals surface area (Å²) < 4.78 is 40.2. The highest BCUT2D eigenvalue weighted by atomic mass is 19.4. The molecular formula is C16H17F3N4O. The van der Waals surface area contributed by atoms with Crippen LogP contribution in [0.4, 0.5) is 13.2 Å². The van der Waals surface area contributed by atoms with E-state index < -0.39 is 11.7 Å². The van der Waals surface area contributed by atoms with Crippen molar-refractivity contribution in [3.05, 3.63) is 29.8 Å². The van der Waals surface area contributed by atoms with Gasteiger partial charge < -0.3 is 0 Å². The molecule has 0 radical (unpaired) electrons. The van der Waals surface area contributed by atoms with Crippen LogP contribution >= 0.6 is 0 Å². The van der Waals surface area contributed by atoms with Crippen molar-refractivity contribution in [1.82, 2.24) is 19.7 Å².